The Labute approximate surface area is 140 Å². The number of amides is 3. The highest BCUT2D eigenvalue weighted by atomic mass is 32.2. The second kappa shape index (κ2) is 8.25. The molecule has 9 heteroatoms. The van der Waals surface area contributed by atoms with Gasteiger partial charge in [-0.2, -0.15) is 8.78 Å². The molecule has 2 rings (SSSR count). The zero-order valence-corrected chi connectivity index (χ0v) is 13.1. The number of primary amides is 1. The van der Waals surface area contributed by atoms with Crippen LogP contribution in [0.2, 0.25) is 0 Å². The maximum atomic E-state index is 12.5. The van der Waals surface area contributed by atoms with Gasteiger partial charge in [-0.05, 0) is 41.6 Å². The summed E-state index contributed by atoms with van der Waals surface area (Å²) in [7, 11) is 0. The molecule has 6 nitrogen and oxygen atoms in total. The van der Waals surface area contributed by atoms with Gasteiger partial charge in [-0.3, -0.25) is 4.79 Å². The normalized spacial score (nSPS) is 10.5. The third-order valence-electron chi connectivity index (χ3n) is 2.89. The van der Waals surface area contributed by atoms with E-state index in [-0.39, 0.29) is 28.9 Å². The number of benzene rings is 1. The Kier molecular flexibility index (Phi) is 6.07. The highest BCUT2D eigenvalue weighted by Gasteiger charge is 2.16. The van der Waals surface area contributed by atoms with Crippen molar-refractivity contribution in [3.05, 3.63) is 53.7 Å². The van der Waals surface area contributed by atoms with Crippen LogP contribution in [0.1, 0.15) is 15.9 Å². The van der Waals surface area contributed by atoms with Crippen molar-refractivity contribution in [3.8, 4) is 0 Å². The van der Waals surface area contributed by atoms with E-state index in [2.05, 4.69) is 15.6 Å². The Hall–Kier alpha value is -2.68. The quantitative estimate of drug-likeness (QED) is 0.697. The number of alkyl halides is 2. The Morgan fingerprint density at radius 1 is 1.21 bits per heavy atom. The average Bonchev–Trinajstić information content (AvgIpc) is 2.53. The molecular weight excluding hydrogens is 338 g/mol. The van der Waals surface area contributed by atoms with Crippen LogP contribution in [-0.2, 0) is 6.54 Å². The molecule has 1 heterocycles. The number of hydrogen-bond acceptors (Lipinski definition) is 4. The molecule has 0 saturated carbocycles. The molecule has 0 atom stereocenters. The van der Waals surface area contributed by atoms with Crippen molar-refractivity contribution in [2.45, 2.75) is 17.3 Å². The van der Waals surface area contributed by atoms with E-state index in [1.54, 1.807) is 24.3 Å². The number of hydrogen-bond donors (Lipinski definition) is 3. The number of halogens is 2. The minimum absolute atomic E-state index is 0.0222. The summed E-state index contributed by atoms with van der Waals surface area (Å²) in [5, 5.41) is 5.04. The fourth-order valence-electron chi connectivity index (χ4n) is 1.87. The molecule has 0 saturated heterocycles. The highest BCUT2D eigenvalue weighted by Crippen LogP contribution is 2.26. The molecule has 0 aliphatic rings. The molecule has 0 aliphatic carbocycles. The van der Waals surface area contributed by atoms with Crippen LogP contribution >= 0.6 is 11.8 Å². The molecule has 1 aromatic heterocycles. The van der Waals surface area contributed by atoms with E-state index in [1.165, 1.54) is 18.3 Å². The van der Waals surface area contributed by atoms with Crippen LogP contribution in [0, 0.1) is 0 Å². The van der Waals surface area contributed by atoms with Gasteiger partial charge in [-0.1, -0.05) is 12.1 Å². The fourth-order valence-corrected chi connectivity index (χ4v) is 2.45. The molecular formula is C15H14F2N4O2S. The predicted octanol–water partition coefficient (Wildman–Crippen LogP) is 2.82. The highest BCUT2D eigenvalue weighted by molar-refractivity contribution is 7.99. The summed E-state index contributed by atoms with van der Waals surface area (Å²) >= 11 is 0.225. The van der Waals surface area contributed by atoms with E-state index in [0.29, 0.717) is 5.69 Å². The zero-order chi connectivity index (χ0) is 17.5. The lowest BCUT2D eigenvalue weighted by Gasteiger charge is -2.09. The number of pyridine rings is 1. The van der Waals surface area contributed by atoms with E-state index in [1.807, 2.05) is 0 Å². The molecule has 0 radical (unpaired) electrons. The van der Waals surface area contributed by atoms with Crippen molar-refractivity contribution in [1.29, 1.82) is 0 Å². The van der Waals surface area contributed by atoms with Crippen LogP contribution in [0.4, 0.5) is 19.3 Å². The monoisotopic (exact) mass is 352 g/mol. The zero-order valence-electron chi connectivity index (χ0n) is 12.3. The molecule has 1 aromatic carbocycles. The number of nitrogens with one attached hydrogen (secondary N) is 2. The largest absolute Gasteiger partial charge is 0.351 e. The third-order valence-corrected chi connectivity index (χ3v) is 3.62. The molecule has 4 N–H and O–H groups in total. The van der Waals surface area contributed by atoms with E-state index >= 15 is 0 Å². The van der Waals surface area contributed by atoms with E-state index in [4.69, 9.17) is 5.73 Å². The van der Waals surface area contributed by atoms with Crippen LogP contribution in [0.25, 0.3) is 0 Å². The van der Waals surface area contributed by atoms with Crippen LogP contribution in [0.3, 0.4) is 0 Å². The first-order valence-electron chi connectivity index (χ1n) is 6.79. The van der Waals surface area contributed by atoms with Gasteiger partial charge in [0.05, 0.1) is 5.56 Å². The molecule has 24 heavy (non-hydrogen) atoms. The third kappa shape index (κ3) is 5.20. The van der Waals surface area contributed by atoms with Crippen LogP contribution in [-0.4, -0.2) is 22.7 Å². The summed E-state index contributed by atoms with van der Waals surface area (Å²) in [6.07, 6.45) is 1.35. The lowest BCUT2D eigenvalue weighted by atomic mass is 10.2. The van der Waals surface area contributed by atoms with Crippen molar-refractivity contribution >= 4 is 29.4 Å². The Morgan fingerprint density at radius 2 is 1.92 bits per heavy atom. The number of nitrogens with zero attached hydrogens (tertiary/aromatic N) is 1. The molecule has 0 spiro atoms. The van der Waals surface area contributed by atoms with E-state index < -0.39 is 17.7 Å². The van der Waals surface area contributed by atoms with Crippen molar-refractivity contribution in [2.24, 2.45) is 5.73 Å². The average molecular weight is 352 g/mol. The van der Waals surface area contributed by atoms with Gasteiger partial charge >= 0.3 is 6.03 Å². The number of thioether (sulfide) groups is 1. The predicted molar refractivity (Wildman–Crippen MR) is 86.9 cm³/mol. The van der Waals surface area contributed by atoms with Gasteiger partial charge in [0, 0.05) is 18.4 Å². The summed E-state index contributed by atoms with van der Waals surface area (Å²) in [4.78, 5) is 26.7. The smallest absolute Gasteiger partial charge is 0.316 e. The van der Waals surface area contributed by atoms with Gasteiger partial charge in [-0.25, -0.2) is 9.78 Å². The SMILES string of the molecule is NC(=O)Nc1ccc(CNC(=O)c2cccnc2SC(F)F)cc1. The van der Waals surface area contributed by atoms with Gasteiger partial charge in [0.25, 0.3) is 11.7 Å². The summed E-state index contributed by atoms with van der Waals surface area (Å²) in [5.74, 6) is -3.15. The number of carbonyl (C=O) groups is 2. The van der Waals surface area contributed by atoms with Crippen molar-refractivity contribution in [3.63, 3.8) is 0 Å². The minimum Gasteiger partial charge on any atom is -0.351 e. The first-order chi connectivity index (χ1) is 11.5. The molecule has 3 amide bonds. The summed E-state index contributed by atoms with van der Waals surface area (Å²) in [5.41, 5.74) is 6.39. The molecule has 0 unspecified atom stereocenters. The number of aromatic nitrogens is 1. The van der Waals surface area contributed by atoms with Gasteiger partial charge in [0.15, 0.2) is 0 Å². The van der Waals surface area contributed by atoms with Gasteiger partial charge in [-0.15, -0.1) is 0 Å². The Balaban J connectivity index is 1.99. The van der Waals surface area contributed by atoms with E-state index in [9.17, 15) is 18.4 Å². The first-order valence-corrected chi connectivity index (χ1v) is 7.67. The summed E-state index contributed by atoms with van der Waals surface area (Å²) in [6, 6.07) is 8.94. The molecule has 0 bridgehead atoms. The van der Waals surface area contributed by atoms with Crippen LogP contribution < -0.4 is 16.4 Å². The fraction of sp³-hybridized carbons (Fsp3) is 0.133. The molecule has 2 aromatic rings. The lowest BCUT2D eigenvalue weighted by molar-refractivity contribution is 0.0947. The standard InChI is InChI=1S/C15H14F2N4O2S/c16-14(17)24-13-11(2-1-7-19-13)12(22)20-8-9-3-5-10(6-4-9)21-15(18)23/h1-7,14H,8H2,(H,20,22)(H3,18,21,23). The van der Waals surface area contributed by atoms with Crippen molar-refractivity contribution in [1.82, 2.24) is 10.3 Å². The lowest BCUT2D eigenvalue weighted by Crippen LogP contribution is -2.24. The van der Waals surface area contributed by atoms with E-state index in [0.717, 1.165) is 5.56 Å². The first kappa shape index (κ1) is 17.7. The number of anilines is 1. The summed E-state index contributed by atoms with van der Waals surface area (Å²) in [6.45, 7) is 0.198. The van der Waals surface area contributed by atoms with Gasteiger partial charge in [0.2, 0.25) is 0 Å². The maximum absolute atomic E-state index is 12.5. The second-order valence-electron chi connectivity index (χ2n) is 4.60. The Bertz CT molecular complexity index is 726. The maximum Gasteiger partial charge on any atom is 0.316 e. The molecule has 0 aliphatic heterocycles. The second-order valence-corrected chi connectivity index (χ2v) is 5.58. The van der Waals surface area contributed by atoms with Gasteiger partial charge in [0.1, 0.15) is 5.03 Å². The van der Waals surface area contributed by atoms with Crippen molar-refractivity contribution in [2.75, 3.05) is 5.32 Å². The molecule has 126 valence electrons. The number of urea groups is 1. The van der Waals surface area contributed by atoms with Crippen LogP contribution in [0.15, 0.2) is 47.6 Å². The minimum atomic E-state index is -2.66. The van der Waals surface area contributed by atoms with Gasteiger partial charge < -0.3 is 16.4 Å². The molecule has 0 fully saturated rings. The topological polar surface area (TPSA) is 97.1 Å². The number of nitrogens with two attached hydrogens (primary N) is 1. The number of rotatable bonds is 6. The number of carbonyl (C=O) groups excluding carboxylic acids is 2. The summed E-state index contributed by atoms with van der Waals surface area (Å²) < 4.78 is 25.0. The Morgan fingerprint density at radius 3 is 2.54 bits per heavy atom. The van der Waals surface area contributed by atoms with Crippen LogP contribution in [0.5, 0.6) is 0 Å². The van der Waals surface area contributed by atoms with Crippen molar-refractivity contribution < 1.29 is 18.4 Å².